The van der Waals surface area contributed by atoms with E-state index in [9.17, 15) is 18.8 Å². The topological polar surface area (TPSA) is 102 Å². The number of nitrogens with two attached hydrogens (primary N) is 1. The number of thioether (sulfide) groups is 1. The van der Waals surface area contributed by atoms with E-state index in [0.29, 0.717) is 29.0 Å². The van der Waals surface area contributed by atoms with Gasteiger partial charge in [-0.05, 0) is 35.7 Å². The monoisotopic (exact) mass is 431 g/mol. The molecule has 30 heavy (non-hydrogen) atoms. The van der Waals surface area contributed by atoms with Crippen molar-refractivity contribution in [3.63, 3.8) is 0 Å². The van der Waals surface area contributed by atoms with Gasteiger partial charge in [-0.3, -0.25) is 14.5 Å². The van der Waals surface area contributed by atoms with Crippen molar-refractivity contribution in [2.45, 2.75) is 19.4 Å². The Bertz CT molecular complexity index is 952. The van der Waals surface area contributed by atoms with Crippen molar-refractivity contribution in [2.75, 3.05) is 23.7 Å². The maximum atomic E-state index is 14.8. The number of carbonyl (C=O) groups excluding carboxylic acids is 3. The van der Waals surface area contributed by atoms with Crippen molar-refractivity contribution in [2.24, 2.45) is 5.73 Å². The van der Waals surface area contributed by atoms with Crippen molar-refractivity contribution in [1.29, 1.82) is 0 Å². The maximum Gasteiger partial charge on any atom is 0.414 e. The predicted molar refractivity (Wildman–Crippen MR) is 114 cm³/mol. The van der Waals surface area contributed by atoms with E-state index in [1.807, 2.05) is 24.3 Å². The minimum absolute atomic E-state index is 0.211. The Hall–Kier alpha value is -3.07. The molecule has 0 unspecified atom stereocenters. The number of rotatable bonds is 7. The van der Waals surface area contributed by atoms with E-state index in [2.05, 4.69) is 5.32 Å². The molecule has 1 fully saturated rings. The van der Waals surface area contributed by atoms with Crippen molar-refractivity contribution in [1.82, 2.24) is 5.32 Å². The number of benzene rings is 2. The van der Waals surface area contributed by atoms with E-state index in [-0.39, 0.29) is 19.0 Å². The molecule has 2 aromatic carbocycles. The number of amides is 3. The van der Waals surface area contributed by atoms with Gasteiger partial charge in [0.25, 0.3) is 5.24 Å². The van der Waals surface area contributed by atoms with Gasteiger partial charge in [0.15, 0.2) is 0 Å². The minimum Gasteiger partial charge on any atom is -0.442 e. The summed E-state index contributed by atoms with van der Waals surface area (Å²) in [6.45, 7) is 1.83. The highest BCUT2D eigenvalue weighted by molar-refractivity contribution is 8.13. The second-order valence-electron chi connectivity index (χ2n) is 6.83. The molecule has 3 rings (SSSR count). The van der Waals surface area contributed by atoms with Crippen LogP contribution < -0.4 is 16.0 Å². The van der Waals surface area contributed by atoms with Crippen LogP contribution >= 0.6 is 11.8 Å². The number of anilines is 1. The second-order valence-corrected chi connectivity index (χ2v) is 7.93. The summed E-state index contributed by atoms with van der Waals surface area (Å²) in [6, 6.07) is 12.0. The van der Waals surface area contributed by atoms with E-state index >= 15 is 0 Å². The molecule has 1 saturated heterocycles. The highest BCUT2D eigenvalue weighted by Gasteiger charge is 2.32. The van der Waals surface area contributed by atoms with Crippen molar-refractivity contribution >= 4 is 34.7 Å². The van der Waals surface area contributed by atoms with Crippen LogP contribution in [0.15, 0.2) is 42.5 Å². The molecular formula is C21H22FN3O4S. The third kappa shape index (κ3) is 5.50. The zero-order valence-corrected chi connectivity index (χ0v) is 17.2. The van der Waals surface area contributed by atoms with Crippen molar-refractivity contribution in [3.05, 3.63) is 53.8 Å². The van der Waals surface area contributed by atoms with E-state index in [1.54, 1.807) is 12.1 Å². The summed E-state index contributed by atoms with van der Waals surface area (Å²) >= 11 is 1.06. The molecule has 0 aromatic heterocycles. The third-order valence-electron chi connectivity index (χ3n) is 4.62. The molecule has 7 nitrogen and oxygen atoms in total. The van der Waals surface area contributed by atoms with Crippen molar-refractivity contribution in [3.8, 4) is 11.1 Å². The molecule has 1 heterocycles. The molecule has 3 amide bonds. The van der Waals surface area contributed by atoms with Gasteiger partial charge in [0.2, 0.25) is 5.91 Å². The molecule has 1 aliphatic heterocycles. The number of hydrogen-bond donors (Lipinski definition) is 2. The summed E-state index contributed by atoms with van der Waals surface area (Å²) in [7, 11) is 0. The largest absolute Gasteiger partial charge is 0.442 e. The fraction of sp³-hybridized carbons (Fsp3) is 0.286. The number of primary amides is 1. The zero-order valence-electron chi connectivity index (χ0n) is 16.4. The molecule has 2 aromatic rings. The van der Waals surface area contributed by atoms with Gasteiger partial charge < -0.3 is 15.8 Å². The Kier molecular flexibility index (Phi) is 6.94. The fourth-order valence-corrected chi connectivity index (χ4v) is 3.66. The minimum atomic E-state index is -0.573. The normalized spacial score (nSPS) is 15.7. The first-order valence-electron chi connectivity index (χ1n) is 9.37. The lowest BCUT2D eigenvalue weighted by molar-refractivity contribution is -0.119. The Morgan fingerprint density at radius 3 is 2.63 bits per heavy atom. The summed E-state index contributed by atoms with van der Waals surface area (Å²) in [5, 5.41) is 2.20. The van der Waals surface area contributed by atoms with E-state index in [1.165, 1.54) is 17.9 Å². The number of hydrogen-bond acceptors (Lipinski definition) is 5. The highest BCUT2D eigenvalue weighted by atomic mass is 32.2. The first kappa shape index (κ1) is 21.6. The van der Waals surface area contributed by atoms with Gasteiger partial charge in [0.05, 0.1) is 18.8 Å². The molecule has 0 saturated carbocycles. The van der Waals surface area contributed by atoms with Gasteiger partial charge in [0.1, 0.15) is 11.9 Å². The molecule has 0 radical (unpaired) electrons. The van der Waals surface area contributed by atoms with Gasteiger partial charge in [-0.1, -0.05) is 36.0 Å². The quantitative estimate of drug-likeness (QED) is 0.700. The number of halogens is 1. The third-order valence-corrected chi connectivity index (χ3v) is 5.31. The fourth-order valence-electron chi connectivity index (χ4n) is 3.12. The Balaban J connectivity index is 1.67. The molecule has 0 aliphatic carbocycles. The zero-order chi connectivity index (χ0) is 21.7. The van der Waals surface area contributed by atoms with Gasteiger partial charge in [-0.15, -0.1) is 0 Å². The number of cyclic esters (lactones) is 1. The number of carbonyl (C=O) groups is 3. The molecule has 0 bridgehead atoms. The van der Waals surface area contributed by atoms with Crippen LogP contribution in [-0.2, 0) is 16.0 Å². The lowest BCUT2D eigenvalue weighted by Gasteiger charge is -2.14. The Labute approximate surface area is 177 Å². The molecule has 1 atom stereocenters. The van der Waals surface area contributed by atoms with E-state index in [4.69, 9.17) is 10.5 Å². The average molecular weight is 431 g/mol. The van der Waals surface area contributed by atoms with Crippen LogP contribution in [0.2, 0.25) is 0 Å². The van der Waals surface area contributed by atoms with Crippen molar-refractivity contribution < 1.29 is 23.5 Å². The predicted octanol–water partition coefficient (Wildman–Crippen LogP) is 3.31. The van der Waals surface area contributed by atoms with Gasteiger partial charge in [-0.2, -0.15) is 0 Å². The van der Waals surface area contributed by atoms with Crippen LogP contribution in [0, 0.1) is 5.82 Å². The molecular weight excluding hydrogens is 409 g/mol. The van der Waals surface area contributed by atoms with Crippen LogP contribution in [-0.4, -0.2) is 42.2 Å². The standard InChI is InChI=1S/C21H22FN3O4S/c1-13(26)24-11-17-12-25(21(28)29-17)16-6-7-18(19(22)10-16)15-4-2-14(3-5-15)8-9-30-20(23)27/h2-7,10,17H,8-9,11-12H2,1H3,(H2,23,27)(H,24,26)/t17-/m0/s1. The smallest absolute Gasteiger partial charge is 0.414 e. The van der Waals surface area contributed by atoms with E-state index in [0.717, 1.165) is 17.3 Å². The van der Waals surface area contributed by atoms with Crippen LogP contribution in [0.4, 0.5) is 19.7 Å². The maximum absolute atomic E-state index is 14.8. The summed E-state index contributed by atoms with van der Waals surface area (Å²) in [5.41, 5.74) is 7.65. The van der Waals surface area contributed by atoms with Crippen LogP contribution in [0.1, 0.15) is 12.5 Å². The SMILES string of the molecule is CC(=O)NC[C@H]1CN(c2ccc(-c3ccc(CCSC(N)=O)cc3)c(F)c2)C(=O)O1. The average Bonchev–Trinajstić information content (AvgIpc) is 3.07. The summed E-state index contributed by atoms with van der Waals surface area (Å²) in [4.78, 5) is 35.2. The molecule has 1 aliphatic rings. The number of aryl methyl sites for hydroxylation is 1. The summed E-state index contributed by atoms with van der Waals surface area (Å²) < 4.78 is 20.0. The molecule has 0 spiro atoms. The van der Waals surface area contributed by atoms with Gasteiger partial charge in [0, 0.05) is 18.2 Å². The first-order valence-corrected chi connectivity index (χ1v) is 10.4. The first-order chi connectivity index (χ1) is 14.3. The lowest BCUT2D eigenvalue weighted by Crippen LogP contribution is -2.33. The van der Waals surface area contributed by atoms with E-state index < -0.39 is 23.3 Å². The number of ether oxygens (including phenoxy) is 1. The summed E-state index contributed by atoms with van der Waals surface area (Å²) in [5.74, 6) is -0.0766. The molecule has 158 valence electrons. The molecule has 3 N–H and O–H groups in total. The Morgan fingerprint density at radius 2 is 2.00 bits per heavy atom. The van der Waals surface area contributed by atoms with Crippen LogP contribution in [0.3, 0.4) is 0 Å². The lowest BCUT2D eigenvalue weighted by atomic mass is 10.0. The number of nitrogens with zero attached hydrogens (tertiary/aromatic N) is 1. The summed E-state index contributed by atoms with van der Waals surface area (Å²) in [6.07, 6.45) is -0.369. The van der Waals surface area contributed by atoms with Gasteiger partial charge >= 0.3 is 6.09 Å². The second kappa shape index (κ2) is 9.62. The van der Waals surface area contributed by atoms with Crippen LogP contribution in [0.25, 0.3) is 11.1 Å². The highest BCUT2D eigenvalue weighted by Crippen LogP contribution is 2.29. The van der Waals surface area contributed by atoms with Gasteiger partial charge in [-0.25, -0.2) is 9.18 Å². The Morgan fingerprint density at radius 1 is 1.27 bits per heavy atom. The molecule has 9 heteroatoms. The van der Waals surface area contributed by atoms with Crippen LogP contribution in [0.5, 0.6) is 0 Å². The number of nitrogens with one attached hydrogen (secondary N) is 1.